The predicted octanol–water partition coefficient (Wildman–Crippen LogP) is 3.19. The van der Waals surface area contributed by atoms with Crippen LogP contribution >= 0.6 is 11.3 Å². The molecule has 2 atom stereocenters. The molecule has 3 aromatic rings. The number of nitrogens with zero attached hydrogens (tertiary/aromatic N) is 2. The number of rotatable bonds is 7. The summed E-state index contributed by atoms with van der Waals surface area (Å²) >= 11 is 1.10. The van der Waals surface area contributed by atoms with Crippen molar-refractivity contribution in [1.29, 1.82) is 0 Å². The standard InChI is InChI=1S/C23H20N4O4S/c1-14(28)17-13-32-22(24-17)26-20(29)18(12-15-8-4-2-5-9-15)27-21(30)19(25-23(27)31)16-10-6-3-7-11-16/h2-11,13,18-19H,12H2,1H3,(H,25,31)(H,24,26,29)/t18-,19?/m0/s1. The van der Waals surface area contributed by atoms with Crippen molar-refractivity contribution in [2.45, 2.75) is 25.4 Å². The largest absolute Gasteiger partial charge is 0.325 e. The van der Waals surface area contributed by atoms with Crippen LogP contribution in [0.15, 0.2) is 66.0 Å². The van der Waals surface area contributed by atoms with E-state index in [1.54, 1.807) is 29.6 Å². The summed E-state index contributed by atoms with van der Waals surface area (Å²) in [5, 5.41) is 7.10. The zero-order valence-corrected chi connectivity index (χ0v) is 18.0. The molecule has 9 heteroatoms. The van der Waals surface area contributed by atoms with Gasteiger partial charge in [0, 0.05) is 18.7 Å². The third-order valence-corrected chi connectivity index (χ3v) is 5.84. The Hall–Kier alpha value is -3.85. The maximum absolute atomic E-state index is 13.2. The third kappa shape index (κ3) is 4.42. The summed E-state index contributed by atoms with van der Waals surface area (Å²) in [7, 11) is 0. The molecule has 1 aliphatic heterocycles. The number of ketones is 1. The number of urea groups is 1. The highest BCUT2D eigenvalue weighted by molar-refractivity contribution is 7.14. The molecule has 2 aromatic carbocycles. The number of imide groups is 1. The van der Waals surface area contributed by atoms with Gasteiger partial charge in [0.2, 0.25) is 5.91 Å². The van der Waals surface area contributed by atoms with Crippen LogP contribution in [0.1, 0.15) is 34.6 Å². The van der Waals surface area contributed by atoms with E-state index in [-0.39, 0.29) is 23.0 Å². The number of nitrogens with one attached hydrogen (secondary N) is 2. The summed E-state index contributed by atoms with van der Waals surface area (Å²) in [5.74, 6) is -1.28. The van der Waals surface area contributed by atoms with Crippen LogP contribution < -0.4 is 10.6 Å². The Morgan fingerprint density at radius 1 is 1.09 bits per heavy atom. The van der Waals surface area contributed by atoms with E-state index in [1.807, 2.05) is 36.4 Å². The lowest BCUT2D eigenvalue weighted by Crippen LogP contribution is -2.49. The van der Waals surface area contributed by atoms with Gasteiger partial charge in [0.15, 0.2) is 10.9 Å². The average molecular weight is 449 g/mol. The molecule has 1 aliphatic rings. The Bertz CT molecular complexity index is 1160. The second-order valence-corrected chi connectivity index (χ2v) is 8.15. The molecule has 0 saturated carbocycles. The minimum absolute atomic E-state index is 0.137. The van der Waals surface area contributed by atoms with Gasteiger partial charge in [-0.1, -0.05) is 60.7 Å². The zero-order chi connectivity index (χ0) is 22.7. The van der Waals surface area contributed by atoms with Gasteiger partial charge in [-0.15, -0.1) is 11.3 Å². The highest BCUT2D eigenvalue weighted by Crippen LogP contribution is 2.26. The van der Waals surface area contributed by atoms with E-state index in [0.29, 0.717) is 5.56 Å². The van der Waals surface area contributed by atoms with Crippen LogP contribution in [0.3, 0.4) is 0 Å². The maximum atomic E-state index is 13.2. The predicted molar refractivity (Wildman–Crippen MR) is 119 cm³/mol. The summed E-state index contributed by atoms with van der Waals surface area (Å²) in [5.41, 5.74) is 1.67. The number of thiazole rings is 1. The fourth-order valence-electron chi connectivity index (χ4n) is 3.48. The van der Waals surface area contributed by atoms with E-state index in [0.717, 1.165) is 21.8 Å². The topological polar surface area (TPSA) is 108 Å². The van der Waals surface area contributed by atoms with E-state index in [2.05, 4.69) is 15.6 Å². The first kappa shape index (κ1) is 21.4. The number of amides is 4. The number of benzene rings is 2. The molecule has 2 heterocycles. The van der Waals surface area contributed by atoms with Crippen LogP contribution in [0.5, 0.6) is 0 Å². The van der Waals surface area contributed by atoms with Gasteiger partial charge in [0.1, 0.15) is 17.8 Å². The van der Waals surface area contributed by atoms with Crippen LogP contribution in [0.2, 0.25) is 0 Å². The van der Waals surface area contributed by atoms with Gasteiger partial charge in [-0.25, -0.2) is 14.7 Å². The summed E-state index contributed by atoms with van der Waals surface area (Å²) in [6, 6.07) is 15.4. The number of carbonyl (C=O) groups is 4. The first-order chi connectivity index (χ1) is 15.4. The summed E-state index contributed by atoms with van der Waals surface area (Å²) in [6.45, 7) is 1.38. The van der Waals surface area contributed by atoms with Gasteiger partial charge < -0.3 is 10.6 Å². The molecule has 32 heavy (non-hydrogen) atoms. The molecule has 2 N–H and O–H groups in total. The molecule has 0 aliphatic carbocycles. The molecule has 1 saturated heterocycles. The first-order valence-corrected chi connectivity index (χ1v) is 10.8. The molecule has 162 valence electrons. The molecule has 0 bridgehead atoms. The van der Waals surface area contributed by atoms with Gasteiger partial charge in [-0.05, 0) is 11.1 Å². The number of anilines is 1. The third-order valence-electron chi connectivity index (χ3n) is 5.09. The molecular formula is C23H20N4O4S. The van der Waals surface area contributed by atoms with E-state index < -0.39 is 29.9 Å². The molecule has 0 radical (unpaired) electrons. The highest BCUT2D eigenvalue weighted by atomic mass is 32.1. The number of carbonyl (C=O) groups excluding carboxylic acids is 4. The lowest BCUT2D eigenvalue weighted by Gasteiger charge is -2.24. The molecule has 1 aromatic heterocycles. The lowest BCUT2D eigenvalue weighted by molar-refractivity contribution is -0.134. The molecule has 0 spiro atoms. The first-order valence-electron chi connectivity index (χ1n) is 9.94. The van der Waals surface area contributed by atoms with Crippen molar-refractivity contribution in [2.24, 2.45) is 0 Å². The van der Waals surface area contributed by atoms with E-state index in [9.17, 15) is 19.2 Å². The SMILES string of the molecule is CC(=O)c1csc(NC(=O)[C@H](Cc2ccccc2)N2C(=O)NC(c3ccccc3)C2=O)n1. The van der Waals surface area contributed by atoms with E-state index >= 15 is 0 Å². The fourth-order valence-corrected chi connectivity index (χ4v) is 4.23. The van der Waals surface area contributed by atoms with Crippen LogP contribution in [0.4, 0.5) is 9.93 Å². The van der Waals surface area contributed by atoms with Gasteiger partial charge in [-0.3, -0.25) is 14.4 Å². The maximum Gasteiger partial charge on any atom is 0.325 e. The van der Waals surface area contributed by atoms with Crippen LogP contribution in [0.25, 0.3) is 0 Å². The van der Waals surface area contributed by atoms with E-state index in [1.165, 1.54) is 6.92 Å². The van der Waals surface area contributed by atoms with Crippen LogP contribution in [0, 0.1) is 0 Å². The van der Waals surface area contributed by atoms with E-state index in [4.69, 9.17) is 0 Å². The van der Waals surface area contributed by atoms with Crippen molar-refractivity contribution in [3.8, 4) is 0 Å². The van der Waals surface area contributed by atoms with Gasteiger partial charge >= 0.3 is 6.03 Å². The average Bonchev–Trinajstić information content (AvgIpc) is 3.38. The normalized spacial score (nSPS) is 16.5. The lowest BCUT2D eigenvalue weighted by atomic mass is 10.0. The van der Waals surface area contributed by atoms with Crippen molar-refractivity contribution in [3.05, 3.63) is 82.9 Å². The molecule has 1 unspecified atom stereocenters. The van der Waals surface area contributed by atoms with Crippen LogP contribution in [-0.2, 0) is 16.0 Å². The highest BCUT2D eigenvalue weighted by Gasteiger charge is 2.45. The molecule has 4 rings (SSSR count). The molecule has 8 nitrogen and oxygen atoms in total. The monoisotopic (exact) mass is 448 g/mol. The quantitative estimate of drug-likeness (QED) is 0.426. The van der Waals surface area contributed by atoms with Crippen molar-refractivity contribution < 1.29 is 19.2 Å². The smallest absolute Gasteiger partial charge is 0.322 e. The van der Waals surface area contributed by atoms with Crippen LogP contribution in [-0.4, -0.2) is 39.6 Å². The van der Waals surface area contributed by atoms with Gasteiger partial charge in [0.05, 0.1) is 0 Å². The summed E-state index contributed by atoms with van der Waals surface area (Å²) in [4.78, 5) is 55.8. The Morgan fingerprint density at radius 2 is 1.75 bits per heavy atom. The number of Topliss-reactive ketones (excluding diaryl/α,β-unsaturated/α-hetero) is 1. The molecular weight excluding hydrogens is 428 g/mol. The minimum atomic E-state index is -1.09. The summed E-state index contributed by atoms with van der Waals surface area (Å²) < 4.78 is 0. The number of aromatic nitrogens is 1. The fraction of sp³-hybridized carbons (Fsp3) is 0.174. The van der Waals surface area contributed by atoms with Crippen molar-refractivity contribution in [1.82, 2.24) is 15.2 Å². The van der Waals surface area contributed by atoms with Crippen molar-refractivity contribution in [2.75, 3.05) is 5.32 Å². The Balaban J connectivity index is 1.62. The van der Waals surface area contributed by atoms with Gasteiger partial charge in [0.25, 0.3) is 5.91 Å². The summed E-state index contributed by atoms with van der Waals surface area (Å²) in [6.07, 6.45) is 0.137. The number of hydrogen-bond donors (Lipinski definition) is 2. The molecule has 1 fully saturated rings. The van der Waals surface area contributed by atoms with Gasteiger partial charge in [-0.2, -0.15) is 0 Å². The zero-order valence-electron chi connectivity index (χ0n) is 17.1. The Morgan fingerprint density at radius 3 is 2.38 bits per heavy atom. The van der Waals surface area contributed by atoms with Crippen molar-refractivity contribution >= 4 is 40.1 Å². The second kappa shape index (κ2) is 9.11. The molecule has 4 amide bonds. The Labute approximate surface area is 188 Å². The van der Waals surface area contributed by atoms with Crippen molar-refractivity contribution in [3.63, 3.8) is 0 Å². The number of hydrogen-bond acceptors (Lipinski definition) is 6. The minimum Gasteiger partial charge on any atom is -0.322 e. The second-order valence-electron chi connectivity index (χ2n) is 7.29. The Kier molecular flexibility index (Phi) is 6.09.